The molecule has 0 heterocycles. The number of benzene rings is 1. The maximum atomic E-state index is 11.5. The van der Waals surface area contributed by atoms with E-state index in [9.17, 15) is 4.79 Å². The SMILES string of the molecule is O=C(CCOc1ccc(Cl)cc1)NCCCCCCO. The third-order valence-corrected chi connectivity index (χ3v) is 3.07. The lowest BCUT2D eigenvalue weighted by Crippen LogP contribution is -2.25. The van der Waals surface area contributed by atoms with Crippen LogP contribution in [0, 0.1) is 0 Å². The first kappa shape index (κ1) is 16.8. The zero-order valence-corrected chi connectivity index (χ0v) is 12.4. The van der Waals surface area contributed by atoms with Crippen molar-refractivity contribution in [2.24, 2.45) is 0 Å². The summed E-state index contributed by atoms with van der Waals surface area (Å²) < 4.78 is 5.44. The molecule has 0 saturated carbocycles. The van der Waals surface area contributed by atoms with Gasteiger partial charge in [-0.1, -0.05) is 24.4 Å². The Morgan fingerprint density at radius 3 is 2.55 bits per heavy atom. The fourth-order valence-electron chi connectivity index (χ4n) is 1.70. The van der Waals surface area contributed by atoms with Gasteiger partial charge in [-0.2, -0.15) is 0 Å². The number of ether oxygens (including phenoxy) is 1. The van der Waals surface area contributed by atoms with Gasteiger partial charge in [-0.15, -0.1) is 0 Å². The summed E-state index contributed by atoms with van der Waals surface area (Å²) in [6, 6.07) is 7.06. The fraction of sp³-hybridized carbons (Fsp3) is 0.533. The molecular weight excluding hydrogens is 278 g/mol. The van der Waals surface area contributed by atoms with Crippen LogP contribution >= 0.6 is 11.6 Å². The smallest absolute Gasteiger partial charge is 0.223 e. The Morgan fingerprint density at radius 2 is 1.85 bits per heavy atom. The van der Waals surface area contributed by atoms with Crippen LogP contribution in [0.3, 0.4) is 0 Å². The number of carbonyl (C=O) groups excluding carboxylic acids is 1. The molecule has 112 valence electrons. The second-order valence-corrected chi connectivity index (χ2v) is 4.98. The lowest BCUT2D eigenvalue weighted by atomic mass is 10.2. The minimum atomic E-state index is 0.00104. The predicted molar refractivity (Wildman–Crippen MR) is 80.1 cm³/mol. The minimum absolute atomic E-state index is 0.00104. The number of hydrogen-bond acceptors (Lipinski definition) is 3. The molecular formula is C15H22ClNO3. The second-order valence-electron chi connectivity index (χ2n) is 4.54. The number of nitrogens with one attached hydrogen (secondary N) is 1. The highest BCUT2D eigenvalue weighted by Crippen LogP contribution is 2.15. The van der Waals surface area contributed by atoms with Crippen molar-refractivity contribution in [1.82, 2.24) is 5.32 Å². The molecule has 0 aliphatic rings. The van der Waals surface area contributed by atoms with Crippen molar-refractivity contribution in [3.05, 3.63) is 29.3 Å². The first-order chi connectivity index (χ1) is 9.72. The van der Waals surface area contributed by atoms with Crippen molar-refractivity contribution in [2.45, 2.75) is 32.1 Å². The second kappa shape index (κ2) is 10.5. The van der Waals surface area contributed by atoms with E-state index < -0.39 is 0 Å². The number of hydrogen-bond donors (Lipinski definition) is 2. The van der Waals surface area contributed by atoms with E-state index in [0.717, 1.165) is 25.7 Å². The van der Waals surface area contributed by atoms with Gasteiger partial charge in [0.1, 0.15) is 5.75 Å². The largest absolute Gasteiger partial charge is 0.493 e. The molecule has 1 amide bonds. The molecule has 4 nitrogen and oxygen atoms in total. The fourth-order valence-corrected chi connectivity index (χ4v) is 1.82. The Hall–Kier alpha value is -1.26. The van der Waals surface area contributed by atoms with Crippen LogP contribution in [0.2, 0.25) is 5.02 Å². The number of rotatable bonds is 10. The molecule has 0 fully saturated rings. The average molecular weight is 300 g/mol. The number of carbonyl (C=O) groups is 1. The summed E-state index contributed by atoms with van der Waals surface area (Å²) in [4.78, 5) is 11.5. The normalized spacial score (nSPS) is 10.3. The Labute approximate surface area is 125 Å². The number of halogens is 1. The molecule has 20 heavy (non-hydrogen) atoms. The summed E-state index contributed by atoms with van der Waals surface area (Å²) in [5, 5.41) is 12.1. The van der Waals surface area contributed by atoms with Gasteiger partial charge in [0.05, 0.1) is 13.0 Å². The van der Waals surface area contributed by atoms with E-state index in [2.05, 4.69) is 5.32 Å². The maximum absolute atomic E-state index is 11.5. The van der Waals surface area contributed by atoms with Gasteiger partial charge in [-0.25, -0.2) is 0 Å². The Bertz CT molecular complexity index is 381. The Morgan fingerprint density at radius 1 is 1.15 bits per heavy atom. The topological polar surface area (TPSA) is 58.6 Å². The average Bonchev–Trinajstić information content (AvgIpc) is 2.45. The van der Waals surface area contributed by atoms with Crippen molar-refractivity contribution in [3.63, 3.8) is 0 Å². The summed E-state index contributed by atoms with van der Waals surface area (Å²) in [7, 11) is 0. The third-order valence-electron chi connectivity index (χ3n) is 2.82. The van der Waals surface area contributed by atoms with E-state index in [4.69, 9.17) is 21.4 Å². The quantitative estimate of drug-likeness (QED) is 0.653. The van der Waals surface area contributed by atoms with E-state index in [-0.39, 0.29) is 12.5 Å². The summed E-state index contributed by atoms with van der Waals surface area (Å²) >= 11 is 5.77. The monoisotopic (exact) mass is 299 g/mol. The molecule has 0 aliphatic heterocycles. The van der Waals surface area contributed by atoms with Crippen molar-refractivity contribution in [2.75, 3.05) is 19.8 Å². The van der Waals surface area contributed by atoms with Crippen molar-refractivity contribution < 1.29 is 14.6 Å². The van der Waals surface area contributed by atoms with Crippen LogP contribution in [0.5, 0.6) is 5.75 Å². The molecule has 5 heteroatoms. The van der Waals surface area contributed by atoms with Crippen molar-refractivity contribution in [3.8, 4) is 5.75 Å². The summed E-state index contributed by atoms with van der Waals surface area (Å²) in [6.07, 6.45) is 4.17. The highest BCUT2D eigenvalue weighted by molar-refractivity contribution is 6.30. The van der Waals surface area contributed by atoms with Gasteiger partial charge < -0.3 is 15.2 Å². The first-order valence-electron chi connectivity index (χ1n) is 6.98. The third kappa shape index (κ3) is 8.02. The molecule has 0 saturated heterocycles. The van der Waals surface area contributed by atoms with E-state index in [1.165, 1.54) is 0 Å². The van der Waals surface area contributed by atoms with Crippen LogP contribution in [0.15, 0.2) is 24.3 Å². The van der Waals surface area contributed by atoms with E-state index in [1.54, 1.807) is 24.3 Å². The molecule has 0 spiro atoms. The van der Waals surface area contributed by atoms with Crippen LogP contribution in [-0.4, -0.2) is 30.8 Å². The molecule has 2 N–H and O–H groups in total. The molecule has 0 bridgehead atoms. The van der Waals surface area contributed by atoms with Crippen LogP contribution < -0.4 is 10.1 Å². The van der Waals surface area contributed by atoms with Gasteiger partial charge in [0.25, 0.3) is 0 Å². The number of aliphatic hydroxyl groups is 1. The highest BCUT2D eigenvalue weighted by atomic mass is 35.5. The summed E-state index contributed by atoms with van der Waals surface area (Å²) in [6.45, 7) is 1.29. The number of unbranched alkanes of at least 4 members (excludes halogenated alkanes) is 3. The van der Waals surface area contributed by atoms with E-state index >= 15 is 0 Å². The molecule has 0 radical (unpaired) electrons. The van der Waals surface area contributed by atoms with Gasteiger partial charge >= 0.3 is 0 Å². The Balaban J connectivity index is 2.01. The highest BCUT2D eigenvalue weighted by Gasteiger charge is 2.01. The van der Waals surface area contributed by atoms with Crippen molar-refractivity contribution >= 4 is 17.5 Å². The lowest BCUT2D eigenvalue weighted by molar-refractivity contribution is -0.121. The van der Waals surface area contributed by atoms with Gasteiger partial charge in [-0.3, -0.25) is 4.79 Å². The molecule has 0 aliphatic carbocycles. The molecule has 0 atom stereocenters. The van der Waals surface area contributed by atoms with E-state index in [1.807, 2.05) is 0 Å². The zero-order chi connectivity index (χ0) is 14.6. The number of amides is 1. The molecule has 0 aromatic heterocycles. The van der Waals surface area contributed by atoms with Gasteiger partial charge in [0.15, 0.2) is 0 Å². The molecule has 0 unspecified atom stereocenters. The molecule has 1 rings (SSSR count). The van der Waals surface area contributed by atoms with Gasteiger partial charge in [0, 0.05) is 18.2 Å². The van der Waals surface area contributed by atoms with Crippen molar-refractivity contribution in [1.29, 1.82) is 0 Å². The lowest BCUT2D eigenvalue weighted by Gasteiger charge is -2.07. The zero-order valence-electron chi connectivity index (χ0n) is 11.6. The first-order valence-corrected chi connectivity index (χ1v) is 7.36. The molecule has 1 aromatic carbocycles. The van der Waals surface area contributed by atoms with Crippen LogP contribution in [0.25, 0.3) is 0 Å². The molecule has 1 aromatic rings. The summed E-state index contributed by atoms with van der Waals surface area (Å²) in [5.74, 6) is 0.715. The van der Waals surface area contributed by atoms with Gasteiger partial charge in [0.2, 0.25) is 5.91 Å². The summed E-state index contributed by atoms with van der Waals surface area (Å²) in [5.41, 5.74) is 0. The van der Waals surface area contributed by atoms with E-state index in [0.29, 0.717) is 30.3 Å². The Kier molecular flexibility index (Phi) is 8.83. The maximum Gasteiger partial charge on any atom is 0.223 e. The van der Waals surface area contributed by atoms with Crippen LogP contribution in [0.1, 0.15) is 32.1 Å². The number of aliphatic hydroxyl groups excluding tert-OH is 1. The van der Waals surface area contributed by atoms with Crippen LogP contribution in [0.4, 0.5) is 0 Å². The predicted octanol–water partition coefficient (Wildman–Crippen LogP) is 2.78. The van der Waals surface area contributed by atoms with Crippen LogP contribution in [-0.2, 0) is 4.79 Å². The van der Waals surface area contributed by atoms with Gasteiger partial charge in [-0.05, 0) is 37.1 Å². The standard InChI is InChI=1S/C15H22ClNO3/c16-13-5-7-14(8-6-13)20-12-9-15(19)17-10-3-1-2-4-11-18/h5-8,18H,1-4,9-12H2,(H,17,19). The minimum Gasteiger partial charge on any atom is -0.493 e.